The van der Waals surface area contributed by atoms with Crippen LogP contribution in [0.5, 0.6) is 0 Å². The van der Waals surface area contributed by atoms with Crippen molar-refractivity contribution in [3.05, 3.63) is 0 Å². The third-order valence-corrected chi connectivity index (χ3v) is 3.69. The fourth-order valence-electron chi connectivity index (χ4n) is 2.63. The van der Waals surface area contributed by atoms with Crippen molar-refractivity contribution in [2.75, 3.05) is 6.54 Å². The molecule has 2 nitrogen and oxygen atoms in total. The first kappa shape index (κ1) is 14.0. The molecule has 0 spiro atoms. The van der Waals surface area contributed by atoms with E-state index >= 15 is 0 Å². The Morgan fingerprint density at radius 3 is 2.38 bits per heavy atom. The zero-order valence-corrected chi connectivity index (χ0v) is 11.4. The molecule has 0 saturated heterocycles. The van der Waals surface area contributed by atoms with Crippen LogP contribution in [0.1, 0.15) is 59.8 Å². The van der Waals surface area contributed by atoms with Gasteiger partial charge in [-0.3, -0.25) is 0 Å². The summed E-state index contributed by atoms with van der Waals surface area (Å²) < 4.78 is 0. The summed E-state index contributed by atoms with van der Waals surface area (Å²) in [6.45, 7) is 9.62. The molecule has 1 aliphatic rings. The maximum Gasteiger partial charge on any atom is 0.0517 e. The topological polar surface area (TPSA) is 32.3 Å². The lowest BCUT2D eigenvalue weighted by Crippen LogP contribution is -2.38. The van der Waals surface area contributed by atoms with Gasteiger partial charge in [0.05, 0.1) is 6.10 Å². The molecular weight excluding hydrogens is 198 g/mol. The minimum atomic E-state index is -0.196. The Bertz CT molecular complexity index is 197. The summed E-state index contributed by atoms with van der Waals surface area (Å²) in [4.78, 5) is 0. The van der Waals surface area contributed by atoms with E-state index in [0.717, 1.165) is 18.9 Å². The second kappa shape index (κ2) is 6.02. The molecule has 1 rings (SSSR count). The van der Waals surface area contributed by atoms with Gasteiger partial charge < -0.3 is 10.4 Å². The summed E-state index contributed by atoms with van der Waals surface area (Å²) in [5.74, 6) is 0.974. The van der Waals surface area contributed by atoms with Crippen LogP contribution < -0.4 is 5.32 Å². The zero-order chi connectivity index (χ0) is 12.2. The zero-order valence-electron chi connectivity index (χ0n) is 11.4. The Morgan fingerprint density at radius 2 is 1.94 bits per heavy atom. The van der Waals surface area contributed by atoms with Crippen LogP contribution in [-0.4, -0.2) is 23.8 Å². The van der Waals surface area contributed by atoms with E-state index in [9.17, 15) is 5.11 Å². The molecule has 1 saturated carbocycles. The van der Waals surface area contributed by atoms with Crippen molar-refractivity contribution in [2.45, 2.75) is 71.9 Å². The van der Waals surface area contributed by atoms with Gasteiger partial charge in [0.1, 0.15) is 0 Å². The van der Waals surface area contributed by atoms with Crippen molar-refractivity contribution in [3.8, 4) is 0 Å². The number of hydrogen-bond acceptors (Lipinski definition) is 2. The second-order valence-corrected chi connectivity index (χ2v) is 6.53. The molecule has 0 aromatic rings. The van der Waals surface area contributed by atoms with Crippen molar-refractivity contribution in [1.82, 2.24) is 5.32 Å². The molecule has 2 atom stereocenters. The number of rotatable bonds is 7. The number of nitrogens with one attached hydrogen (secondary N) is 1. The van der Waals surface area contributed by atoms with Gasteiger partial charge >= 0.3 is 0 Å². The van der Waals surface area contributed by atoms with E-state index in [4.69, 9.17) is 0 Å². The second-order valence-electron chi connectivity index (χ2n) is 6.53. The molecule has 0 aromatic carbocycles. The summed E-state index contributed by atoms with van der Waals surface area (Å²) in [6, 6.07) is 0.624. The van der Waals surface area contributed by atoms with Crippen LogP contribution in [-0.2, 0) is 0 Å². The highest BCUT2D eigenvalue weighted by molar-refractivity contribution is 4.79. The highest BCUT2D eigenvalue weighted by atomic mass is 16.3. The third kappa shape index (κ3) is 5.31. The van der Waals surface area contributed by atoms with Crippen molar-refractivity contribution in [2.24, 2.45) is 11.3 Å². The molecule has 2 heteroatoms. The molecule has 0 heterocycles. The smallest absolute Gasteiger partial charge is 0.0517 e. The van der Waals surface area contributed by atoms with E-state index in [2.05, 4.69) is 26.1 Å². The van der Waals surface area contributed by atoms with Crippen LogP contribution in [0.2, 0.25) is 0 Å². The number of hydrogen-bond donors (Lipinski definition) is 2. The minimum Gasteiger partial charge on any atom is -0.393 e. The van der Waals surface area contributed by atoms with Crippen molar-refractivity contribution in [3.63, 3.8) is 0 Å². The van der Waals surface area contributed by atoms with E-state index in [1.165, 1.54) is 25.7 Å². The predicted molar refractivity (Wildman–Crippen MR) is 69.5 cm³/mol. The molecule has 2 N–H and O–H groups in total. The van der Waals surface area contributed by atoms with Crippen LogP contribution >= 0.6 is 0 Å². The summed E-state index contributed by atoms with van der Waals surface area (Å²) in [5, 5.41) is 13.0. The first-order chi connectivity index (χ1) is 7.39. The summed E-state index contributed by atoms with van der Waals surface area (Å²) in [5.41, 5.74) is 0.196. The first-order valence-electron chi connectivity index (χ1n) is 6.80. The molecular formula is C14H29NO. The fourth-order valence-corrected chi connectivity index (χ4v) is 2.63. The largest absolute Gasteiger partial charge is 0.393 e. The van der Waals surface area contributed by atoms with E-state index in [1.807, 2.05) is 6.92 Å². The monoisotopic (exact) mass is 227 g/mol. The highest BCUT2D eigenvalue weighted by Gasteiger charge is 2.23. The SMILES string of the molecule is CC(O)CC(C)(C)CNC(C)CC1CCC1. The highest BCUT2D eigenvalue weighted by Crippen LogP contribution is 2.30. The normalized spacial score (nSPS) is 21.6. The molecule has 16 heavy (non-hydrogen) atoms. The van der Waals surface area contributed by atoms with Gasteiger partial charge in [0, 0.05) is 12.6 Å². The van der Waals surface area contributed by atoms with E-state index < -0.39 is 0 Å². The van der Waals surface area contributed by atoms with Gasteiger partial charge in [-0.2, -0.15) is 0 Å². The molecule has 0 aliphatic heterocycles. The Labute approximate surface area is 101 Å². The lowest BCUT2D eigenvalue weighted by Gasteiger charge is -2.32. The minimum absolute atomic E-state index is 0.196. The Balaban J connectivity index is 2.15. The molecule has 1 fully saturated rings. The fraction of sp³-hybridized carbons (Fsp3) is 1.00. The van der Waals surface area contributed by atoms with Crippen molar-refractivity contribution in [1.29, 1.82) is 0 Å². The van der Waals surface area contributed by atoms with Crippen LogP contribution in [0.25, 0.3) is 0 Å². The van der Waals surface area contributed by atoms with Crippen LogP contribution in [0.3, 0.4) is 0 Å². The van der Waals surface area contributed by atoms with Gasteiger partial charge in [0.25, 0.3) is 0 Å². The number of aliphatic hydroxyl groups is 1. The molecule has 0 bridgehead atoms. The third-order valence-electron chi connectivity index (χ3n) is 3.69. The molecule has 1 aliphatic carbocycles. The summed E-state index contributed by atoms with van der Waals surface area (Å²) in [7, 11) is 0. The van der Waals surface area contributed by atoms with Gasteiger partial charge in [-0.05, 0) is 38.0 Å². The Kier molecular flexibility index (Phi) is 5.26. The van der Waals surface area contributed by atoms with E-state index in [0.29, 0.717) is 6.04 Å². The van der Waals surface area contributed by atoms with Crippen LogP contribution in [0.15, 0.2) is 0 Å². The van der Waals surface area contributed by atoms with Gasteiger partial charge in [0.2, 0.25) is 0 Å². The summed E-state index contributed by atoms with van der Waals surface area (Å²) in [6.07, 6.45) is 6.30. The maximum absolute atomic E-state index is 9.42. The molecule has 96 valence electrons. The van der Waals surface area contributed by atoms with Gasteiger partial charge in [-0.15, -0.1) is 0 Å². The maximum atomic E-state index is 9.42. The molecule has 2 unspecified atom stereocenters. The molecule has 0 radical (unpaired) electrons. The van der Waals surface area contributed by atoms with Gasteiger partial charge in [-0.25, -0.2) is 0 Å². The quantitative estimate of drug-likeness (QED) is 0.701. The first-order valence-corrected chi connectivity index (χ1v) is 6.80. The predicted octanol–water partition coefficient (Wildman–Crippen LogP) is 2.95. The Hall–Kier alpha value is -0.0800. The lowest BCUT2D eigenvalue weighted by atomic mass is 9.80. The standard InChI is InChI=1S/C14H29NO/c1-11(8-13-6-5-7-13)15-10-14(3,4)9-12(2)16/h11-13,15-16H,5-10H2,1-4H3. The molecule has 0 amide bonds. The van der Waals surface area contributed by atoms with Crippen LogP contribution in [0, 0.1) is 11.3 Å². The van der Waals surface area contributed by atoms with Gasteiger partial charge in [0.15, 0.2) is 0 Å². The summed E-state index contributed by atoms with van der Waals surface area (Å²) >= 11 is 0. The average Bonchev–Trinajstić information content (AvgIpc) is 2.06. The Morgan fingerprint density at radius 1 is 1.31 bits per heavy atom. The van der Waals surface area contributed by atoms with E-state index in [1.54, 1.807) is 0 Å². The van der Waals surface area contributed by atoms with E-state index in [-0.39, 0.29) is 11.5 Å². The average molecular weight is 227 g/mol. The lowest BCUT2D eigenvalue weighted by molar-refractivity contribution is 0.125. The van der Waals surface area contributed by atoms with Crippen LogP contribution in [0.4, 0.5) is 0 Å². The van der Waals surface area contributed by atoms with Crippen molar-refractivity contribution >= 4 is 0 Å². The number of aliphatic hydroxyl groups excluding tert-OH is 1. The van der Waals surface area contributed by atoms with Gasteiger partial charge in [-0.1, -0.05) is 33.1 Å². The van der Waals surface area contributed by atoms with Crippen molar-refractivity contribution < 1.29 is 5.11 Å². The molecule has 0 aromatic heterocycles.